The molecule has 0 amide bonds. The number of halogens is 6. The van der Waals surface area contributed by atoms with Gasteiger partial charge in [-0.15, -0.1) is 8.78 Å². The fourth-order valence-electron chi connectivity index (χ4n) is 4.75. The Morgan fingerprint density at radius 1 is 1.08 bits per heavy atom. The summed E-state index contributed by atoms with van der Waals surface area (Å²) in [4.78, 5) is 12.6. The van der Waals surface area contributed by atoms with Gasteiger partial charge in [-0.05, 0) is 80.8 Å². The van der Waals surface area contributed by atoms with Crippen LogP contribution in [-0.2, 0) is 9.53 Å². The van der Waals surface area contributed by atoms with Gasteiger partial charge in [0.2, 0.25) is 0 Å². The van der Waals surface area contributed by atoms with Crippen LogP contribution >= 0.6 is 11.6 Å². The number of esters is 1. The van der Waals surface area contributed by atoms with Crippen molar-refractivity contribution < 1.29 is 41.0 Å². The molecule has 1 fully saturated rings. The SMILES string of the molecule is C[C@H]([C@@H](CNc1cc([C@@H](CC(=O)OC(C)(C)C)C2CC2)ccc1Cl)c1ccc2c(c1)OC(F)(F)O2)C(F)(F)F. The molecule has 2 aromatic carbocycles. The zero-order valence-corrected chi connectivity index (χ0v) is 22.8. The van der Waals surface area contributed by atoms with Crippen LogP contribution in [0.4, 0.5) is 27.6 Å². The van der Waals surface area contributed by atoms with Crippen molar-refractivity contribution in [3.63, 3.8) is 0 Å². The molecule has 0 saturated heterocycles. The zero-order chi connectivity index (χ0) is 28.8. The molecule has 39 heavy (non-hydrogen) atoms. The van der Waals surface area contributed by atoms with E-state index in [0.29, 0.717) is 16.6 Å². The standard InChI is InChI=1S/C28H31ClF5NO4/c1-15(27(30,31)32)20(18-8-10-23-24(12-18)38-28(33,34)37-23)14-35-22-11-17(7-9-21(22)29)19(16-5-6-16)13-25(36)39-26(2,3)4/h7-12,15-16,19-20,35H,5-6,13-14H2,1-4H3/t15-,19+,20-/m1/s1. The van der Waals surface area contributed by atoms with Crippen LogP contribution in [0, 0.1) is 11.8 Å². The van der Waals surface area contributed by atoms with Gasteiger partial charge in [0.15, 0.2) is 11.5 Å². The average Bonchev–Trinajstić information content (AvgIpc) is 3.58. The van der Waals surface area contributed by atoms with E-state index in [1.807, 2.05) is 6.07 Å². The fourth-order valence-corrected chi connectivity index (χ4v) is 4.94. The molecular weight excluding hydrogens is 545 g/mol. The van der Waals surface area contributed by atoms with Crippen LogP contribution in [0.25, 0.3) is 0 Å². The van der Waals surface area contributed by atoms with Crippen molar-refractivity contribution in [1.29, 1.82) is 0 Å². The van der Waals surface area contributed by atoms with E-state index in [9.17, 15) is 26.7 Å². The van der Waals surface area contributed by atoms with E-state index >= 15 is 0 Å². The number of rotatable bonds is 9. The fraction of sp³-hybridized carbons (Fsp3) is 0.536. The number of hydrogen-bond acceptors (Lipinski definition) is 5. The first-order valence-electron chi connectivity index (χ1n) is 12.7. The summed E-state index contributed by atoms with van der Waals surface area (Å²) in [6.07, 6.45) is -6.32. The molecule has 0 unspecified atom stereocenters. The van der Waals surface area contributed by atoms with Gasteiger partial charge in [-0.1, -0.05) is 30.7 Å². The van der Waals surface area contributed by atoms with Gasteiger partial charge in [-0.2, -0.15) is 13.2 Å². The summed E-state index contributed by atoms with van der Waals surface area (Å²) >= 11 is 6.40. The van der Waals surface area contributed by atoms with E-state index < -0.39 is 29.9 Å². The number of ether oxygens (including phenoxy) is 3. The molecule has 5 nitrogen and oxygen atoms in total. The maximum Gasteiger partial charge on any atom is 0.586 e. The third kappa shape index (κ3) is 7.47. The molecule has 0 aromatic heterocycles. The molecule has 0 bridgehead atoms. The summed E-state index contributed by atoms with van der Waals surface area (Å²) < 4.78 is 82.7. The van der Waals surface area contributed by atoms with Crippen LogP contribution in [0.2, 0.25) is 5.02 Å². The highest BCUT2D eigenvalue weighted by atomic mass is 35.5. The third-order valence-electron chi connectivity index (χ3n) is 6.90. The Labute approximate surface area is 228 Å². The molecule has 1 N–H and O–H groups in total. The molecular formula is C28H31ClF5NO4. The van der Waals surface area contributed by atoms with Crippen molar-refractivity contribution in [3.8, 4) is 11.5 Å². The molecule has 2 aromatic rings. The number of alkyl halides is 5. The number of benzene rings is 2. The Morgan fingerprint density at radius 2 is 1.72 bits per heavy atom. The maximum atomic E-state index is 13.8. The number of anilines is 1. The lowest BCUT2D eigenvalue weighted by Gasteiger charge is -2.28. The quantitative estimate of drug-likeness (QED) is 0.241. The van der Waals surface area contributed by atoms with Gasteiger partial charge >= 0.3 is 18.4 Å². The second-order valence-electron chi connectivity index (χ2n) is 11.2. The highest BCUT2D eigenvalue weighted by molar-refractivity contribution is 6.33. The Kier molecular flexibility index (Phi) is 8.00. The molecule has 2 aliphatic rings. The second kappa shape index (κ2) is 10.7. The predicted octanol–water partition coefficient (Wildman–Crippen LogP) is 8.28. The topological polar surface area (TPSA) is 56.8 Å². The summed E-state index contributed by atoms with van der Waals surface area (Å²) in [5, 5.41) is 3.33. The Morgan fingerprint density at radius 3 is 2.33 bits per heavy atom. The second-order valence-corrected chi connectivity index (χ2v) is 11.6. The van der Waals surface area contributed by atoms with Gasteiger partial charge in [0.25, 0.3) is 0 Å². The first-order valence-corrected chi connectivity index (χ1v) is 13.1. The maximum absolute atomic E-state index is 13.8. The number of carbonyl (C=O) groups excluding carboxylic acids is 1. The lowest BCUT2D eigenvalue weighted by molar-refractivity contribution is -0.286. The van der Waals surface area contributed by atoms with E-state index in [0.717, 1.165) is 31.4 Å². The first-order chi connectivity index (χ1) is 18.0. The third-order valence-corrected chi connectivity index (χ3v) is 7.23. The number of carbonyl (C=O) groups is 1. The molecule has 3 atom stereocenters. The van der Waals surface area contributed by atoms with Crippen LogP contribution in [0.1, 0.15) is 69.9 Å². The lowest BCUT2D eigenvalue weighted by atomic mass is 9.86. The summed E-state index contributed by atoms with van der Waals surface area (Å²) in [5.41, 5.74) is 0.782. The molecule has 214 valence electrons. The molecule has 1 heterocycles. The van der Waals surface area contributed by atoms with Crippen molar-refractivity contribution in [2.24, 2.45) is 11.8 Å². The van der Waals surface area contributed by atoms with E-state index in [1.165, 1.54) is 12.1 Å². The van der Waals surface area contributed by atoms with Gasteiger partial charge in [-0.3, -0.25) is 4.79 Å². The highest BCUT2D eigenvalue weighted by Gasteiger charge is 2.45. The lowest BCUT2D eigenvalue weighted by Crippen LogP contribution is -2.30. The van der Waals surface area contributed by atoms with Crippen molar-refractivity contribution >= 4 is 23.3 Å². The van der Waals surface area contributed by atoms with Gasteiger partial charge < -0.3 is 19.5 Å². The predicted molar refractivity (Wildman–Crippen MR) is 136 cm³/mol. The minimum Gasteiger partial charge on any atom is -0.460 e. The van der Waals surface area contributed by atoms with E-state index in [4.69, 9.17) is 16.3 Å². The van der Waals surface area contributed by atoms with Gasteiger partial charge in [0.1, 0.15) is 5.60 Å². The summed E-state index contributed by atoms with van der Waals surface area (Å²) in [7, 11) is 0. The average molecular weight is 576 g/mol. The molecule has 11 heteroatoms. The van der Waals surface area contributed by atoms with Gasteiger partial charge in [0, 0.05) is 12.5 Å². The Balaban J connectivity index is 1.56. The minimum atomic E-state index is -4.55. The van der Waals surface area contributed by atoms with E-state index in [-0.39, 0.29) is 41.9 Å². The first kappa shape index (κ1) is 29.2. The molecule has 1 saturated carbocycles. The number of fused-ring (bicyclic) bond motifs is 1. The van der Waals surface area contributed by atoms with Crippen LogP contribution in [0.3, 0.4) is 0 Å². The monoisotopic (exact) mass is 575 g/mol. The smallest absolute Gasteiger partial charge is 0.460 e. The largest absolute Gasteiger partial charge is 0.586 e. The van der Waals surface area contributed by atoms with Crippen molar-refractivity contribution in [3.05, 3.63) is 52.5 Å². The Hall–Kier alpha value is -2.75. The van der Waals surface area contributed by atoms with Crippen molar-refractivity contribution in [1.82, 2.24) is 0 Å². The van der Waals surface area contributed by atoms with Crippen LogP contribution < -0.4 is 14.8 Å². The summed E-state index contributed by atoms with van der Waals surface area (Å²) in [5.74, 6) is -3.69. The van der Waals surface area contributed by atoms with Crippen LogP contribution in [0.5, 0.6) is 11.5 Å². The van der Waals surface area contributed by atoms with Crippen LogP contribution in [0.15, 0.2) is 36.4 Å². The van der Waals surface area contributed by atoms with E-state index in [1.54, 1.807) is 32.9 Å². The van der Waals surface area contributed by atoms with E-state index in [2.05, 4.69) is 14.8 Å². The molecule has 1 aliphatic heterocycles. The number of hydrogen-bond donors (Lipinski definition) is 1. The van der Waals surface area contributed by atoms with Gasteiger partial charge in [0.05, 0.1) is 23.0 Å². The highest BCUT2D eigenvalue weighted by Crippen LogP contribution is 2.47. The minimum absolute atomic E-state index is 0.113. The molecule has 4 rings (SSSR count). The van der Waals surface area contributed by atoms with Crippen molar-refractivity contribution in [2.45, 2.75) is 76.9 Å². The van der Waals surface area contributed by atoms with Gasteiger partial charge in [-0.25, -0.2) is 0 Å². The normalized spacial score (nSPS) is 18.8. The molecule has 1 aliphatic carbocycles. The zero-order valence-electron chi connectivity index (χ0n) is 22.0. The number of nitrogens with one attached hydrogen (secondary N) is 1. The molecule has 0 radical (unpaired) electrons. The van der Waals surface area contributed by atoms with Crippen LogP contribution in [-0.4, -0.2) is 30.6 Å². The Bertz CT molecular complexity index is 1210. The summed E-state index contributed by atoms with van der Waals surface area (Å²) in [6.45, 7) is 6.23. The van der Waals surface area contributed by atoms with Crippen molar-refractivity contribution in [2.75, 3.05) is 11.9 Å². The molecule has 0 spiro atoms. The summed E-state index contributed by atoms with van der Waals surface area (Å²) in [6, 6.07) is 8.85.